The van der Waals surface area contributed by atoms with Crippen molar-refractivity contribution < 1.29 is 28.5 Å². The molecule has 36 heavy (non-hydrogen) atoms. The third kappa shape index (κ3) is 5.62. The molecular weight excluding hydrogens is 458 g/mol. The summed E-state index contributed by atoms with van der Waals surface area (Å²) < 4.78 is 28.3. The molecule has 0 saturated carbocycles. The molecule has 7 heteroatoms. The zero-order valence-corrected chi connectivity index (χ0v) is 21.1. The summed E-state index contributed by atoms with van der Waals surface area (Å²) in [7, 11) is 4.85. The monoisotopic (exact) mass is 489 g/mol. The van der Waals surface area contributed by atoms with Crippen molar-refractivity contribution in [3.05, 3.63) is 82.4 Å². The fourth-order valence-electron chi connectivity index (χ4n) is 4.34. The van der Waals surface area contributed by atoms with E-state index in [0.29, 0.717) is 42.6 Å². The van der Waals surface area contributed by atoms with Gasteiger partial charge in [-0.3, -0.25) is 9.79 Å². The van der Waals surface area contributed by atoms with E-state index in [4.69, 9.17) is 28.7 Å². The molecule has 0 N–H and O–H groups in total. The maximum absolute atomic E-state index is 11.7. The summed E-state index contributed by atoms with van der Waals surface area (Å²) in [6.07, 6.45) is 1.36. The van der Waals surface area contributed by atoms with Gasteiger partial charge in [0.05, 0.1) is 21.3 Å². The van der Waals surface area contributed by atoms with Gasteiger partial charge in [-0.05, 0) is 41.3 Å². The third-order valence-corrected chi connectivity index (χ3v) is 6.14. The van der Waals surface area contributed by atoms with Gasteiger partial charge in [0.25, 0.3) is 0 Å². The molecule has 0 unspecified atom stereocenters. The van der Waals surface area contributed by atoms with Crippen molar-refractivity contribution in [1.82, 2.24) is 0 Å². The first-order valence-electron chi connectivity index (χ1n) is 11.8. The maximum atomic E-state index is 11.7. The first kappa shape index (κ1) is 25.1. The minimum atomic E-state index is -0.365. The molecule has 0 saturated heterocycles. The van der Waals surface area contributed by atoms with Crippen LogP contribution < -0.4 is 18.9 Å². The highest BCUT2D eigenvalue weighted by molar-refractivity contribution is 6.04. The molecule has 0 atom stereocenters. The molecule has 1 heterocycles. The normalized spacial score (nSPS) is 12.3. The molecule has 0 bridgehead atoms. The molecule has 188 valence electrons. The van der Waals surface area contributed by atoms with E-state index in [1.807, 2.05) is 54.6 Å². The van der Waals surface area contributed by atoms with Crippen LogP contribution in [0.15, 0.2) is 59.6 Å². The van der Waals surface area contributed by atoms with Crippen LogP contribution >= 0.6 is 0 Å². The van der Waals surface area contributed by atoms with E-state index in [9.17, 15) is 4.79 Å². The highest BCUT2D eigenvalue weighted by Gasteiger charge is 2.22. The van der Waals surface area contributed by atoms with E-state index < -0.39 is 0 Å². The van der Waals surface area contributed by atoms with Gasteiger partial charge in [-0.15, -0.1) is 0 Å². The summed E-state index contributed by atoms with van der Waals surface area (Å²) in [5.41, 5.74) is 5.87. The van der Waals surface area contributed by atoms with Gasteiger partial charge in [0.15, 0.2) is 23.0 Å². The number of carbonyl (C=O) groups is 1. The molecule has 3 aromatic carbocycles. The Morgan fingerprint density at radius 3 is 2.33 bits per heavy atom. The lowest BCUT2D eigenvalue weighted by Crippen LogP contribution is -2.17. The Morgan fingerprint density at radius 2 is 1.64 bits per heavy atom. The number of benzene rings is 3. The lowest BCUT2D eigenvalue weighted by molar-refractivity contribution is -0.142. The Labute approximate surface area is 211 Å². The van der Waals surface area contributed by atoms with E-state index in [2.05, 4.69) is 0 Å². The fraction of sp³-hybridized carbons (Fsp3) is 0.310. The van der Waals surface area contributed by atoms with Crippen LogP contribution in [0.5, 0.6) is 23.0 Å². The summed E-state index contributed by atoms with van der Waals surface area (Å²) >= 11 is 0. The summed E-state index contributed by atoms with van der Waals surface area (Å²) in [5.74, 6) is 2.14. The number of ether oxygens (including phenoxy) is 5. The smallest absolute Gasteiger partial charge is 0.302 e. The molecule has 1 aliphatic heterocycles. The topological polar surface area (TPSA) is 75.6 Å². The van der Waals surface area contributed by atoms with E-state index in [-0.39, 0.29) is 12.6 Å². The number of fused-ring (bicyclic) bond motifs is 1. The highest BCUT2D eigenvalue weighted by atomic mass is 16.5. The Morgan fingerprint density at radius 1 is 0.889 bits per heavy atom. The molecule has 0 spiro atoms. The summed E-state index contributed by atoms with van der Waals surface area (Å²) in [6, 6.07) is 17.8. The first-order valence-corrected chi connectivity index (χ1v) is 11.8. The number of esters is 1. The fourth-order valence-corrected chi connectivity index (χ4v) is 4.34. The van der Waals surface area contributed by atoms with Crippen molar-refractivity contribution in [2.24, 2.45) is 4.99 Å². The lowest BCUT2D eigenvalue weighted by Gasteiger charge is -2.22. The van der Waals surface area contributed by atoms with Crippen LogP contribution in [0.4, 0.5) is 0 Å². The molecule has 4 rings (SSSR count). The van der Waals surface area contributed by atoms with Crippen molar-refractivity contribution in [3.8, 4) is 23.0 Å². The number of methoxy groups -OCH3 is 3. The Balaban J connectivity index is 1.68. The van der Waals surface area contributed by atoms with Crippen molar-refractivity contribution in [1.29, 1.82) is 0 Å². The summed E-state index contributed by atoms with van der Waals surface area (Å²) in [6.45, 7) is 2.54. The number of aliphatic imine (C=N–C) groups is 1. The second-order valence-electron chi connectivity index (χ2n) is 8.41. The van der Waals surface area contributed by atoms with Crippen LogP contribution in [0.25, 0.3) is 0 Å². The van der Waals surface area contributed by atoms with Gasteiger partial charge in [0.1, 0.15) is 13.2 Å². The molecule has 3 aromatic rings. The van der Waals surface area contributed by atoms with Gasteiger partial charge in [-0.1, -0.05) is 36.4 Å². The maximum Gasteiger partial charge on any atom is 0.302 e. The van der Waals surface area contributed by atoms with Gasteiger partial charge < -0.3 is 23.7 Å². The zero-order valence-electron chi connectivity index (χ0n) is 21.1. The Bertz CT molecular complexity index is 1250. The first-order chi connectivity index (χ1) is 17.5. The predicted molar refractivity (Wildman–Crippen MR) is 138 cm³/mol. The molecular formula is C29H31NO6. The minimum absolute atomic E-state index is 0.0719. The van der Waals surface area contributed by atoms with Gasteiger partial charge in [-0.2, -0.15) is 0 Å². The van der Waals surface area contributed by atoms with Crippen molar-refractivity contribution in [2.45, 2.75) is 33.0 Å². The zero-order chi connectivity index (χ0) is 25.5. The van der Waals surface area contributed by atoms with E-state index in [1.54, 1.807) is 21.3 Å². The van der Waals surface area contributed by atoms with Gasteiger partial charge >= 0.3 is 5.97 Å². The molecule has 0 aromatic heterocycles. The third-order valence-electron chi connectivity index (χ3n) is 6.14. The van der Waals surface area contributed by atoms with Crippen LogP contribution in [0.3, 0.4) is 0 Å². The van der Waals surface area contributed by atoms with Crippen LogP contribution in [0.2, 0.25) is 0 Å². The van der Waals surface area contributed by atoms with Gasteiger partial charge in [-0.25, -0.2) is 0 Å². The van der Waals surface area contributed by atoms with Crippen LogP contribution in [-0.2, 0) is 35.6 Å². The SMILES string of the molecule is COc1cc2c(cc1OC)C(Cc1ccc(OCc3ccccc3)c(OC)c1COC(C)=O)=NCC2. The standard InChI is InChI=1S/C29H31NO6/c1-19(31)35-18-24-21(10-11-26(29(24)34-4)36-17-20-8-6-5-7-9-20)14-25-23-16-28(33-3)27(32-2)15-22(23)12-13-30-25/h5-11,15-16H,12-14,17-18H2,1-4H3. The van der Waals surface area contributed by atoms with Crippen molar-refractivity contribution in [2.75, 3.05) is 27.9 Å². The largest absolute Gasteiger partial charge is 0.493 e. The van der Waals surface area contributed by atoms with Crippen molar-refractivity contribution in [3.63, 3.8) is 0 Å². The second kappa shape index (κ2) is 11.6. The number of hydrogen-bond acceptors (Lipinski definition) is 7. The summed E-state index contributed by atoms with van der Waals surface area (Å²) in [5, 5.41) is 0. The van der Waals surface area contributed by atoms with Crippen molar-refractivity contribution >= 4 is 11.7 Å². The number of hydrogen-bond donors (Lipinski definition) is 0. The molecule has 7 nitrogen and oxygen atoms in total. The summed E-state index contributed by atoms with van der Waals surface area (Å²) in [4.78, 5) is 16.5. The van der Waals surface area contributed by atoms with Crippen LogP contribution in [0, 0.1) is 0 Å². The molecule has 0 radical (unpaired) electrons. The molecule has 0 fully saturated rings. The molecule has 0 aliphatic carbocycles. The number of rotatable bonds is 10. The van der Waals surface area contributed by atoms with Gasteiger partial charge in [0, 0.05) is 36.7 Å². The predicted octanol–water partition coefficient (Wildman–Crippen LogP) is 4.94. The van der Waals surface area contributed by atoms with E-state index >= 15 is 0 Å². The Kier molecular flexibility index (Phi) is 8.10. The second-order valence-corrected chi connectivity index (χ2v) is 8.41. The number of nitrogens with zero attached hydrogens (tertiary/aromatic N) is 1. The van der Waals surface area contributed by atoms with E-state index in [0.717, 1.165) is 39.9 Å². The van der Waals surface area contributed by atoms with Crippen LogP contribution in [0.1, 0.15) is 34.7 Å². The van der Waals surface area contributed by atoms with Crippen LogP contribution in [-0.4, -0.2) is 39.6 Å². The average molecular weight is 490 g/mol. The minimum Gasteiger partial charge on any atom is -0.493 e. The lowest BCUT2D eigenvalue weighted by atomic mass is 9.91. The van der Waals surface area contributed by atoms with Gasteiger partial charge in [0.2, 0.25) is 0 Å². The Hall–Kier alpha value is -4.00. The quantitative estimate of drug-likeness (QED) is 0.376. The molecule has 1 aliphatic rings. The molecule has 0 amide bonds. The highest BCUT2D eigenvalue weighted by Crippen LogP contribution is 2.37. The average Bonchev–Trinajstić information content (AvgIpc) is 2.91. The number of carbonyl (C=O) groups excluding carboxylic acids is 1. The van der Waals surface area contributed by atoms with E-state index in [1.165, 1.54) is 6.92 Å².